The molecule has 0 aliphatic heterocycles. The minimum Gasteiger partial charge on any atom is -0.479 e. The Labute approximate surface area is 268 Å². The van der Waals surface area contributed by atoms with E-state index < -0.39 is 39.8 Å². The van der Waals surface area contributed by atoms with Crippen LogP contribution in [0.5, 0.6) is 0 Å². The first-order valence-corrected chi connectivity index (χ1v) is 18.8. The molecule has 0 aliphatic rings. The lowest BCUT2D eigenvalue weighted by atomic mass is 9.78. The number of benzene rings is 4. The fourth-order valence-electron chi connectivity index (χ4n) is 5.61. The average molecular weight is 646 g/mol. The van der Waals surface area contributed by atoms with Crippen molar-refractivity contribution in [3.63, 3.8) is 0 Å². The lowest BCUT2D eigenvalue weighted by Gasteiger charge is -2.37. The van der Waals surface area contributed by atoms with Crippen molar-refractivity contribution in [2.75, 3.05) is 12.8 Å². The molecule has 0 amide bonds. The van der Waals surface area contributed by atoms with Gasteiger partial charge < -0.3 is 14.1 Å². The fraction of sp³-hybridized carbons (Fsp3) is 0.324. The first kappa shape index (κ1) is 34.5. The summed E-state index contributed by atoms with van der Waals surface area (Å²) in [5.41, 5.74) is 4.63. The Kier molecular flexibility index (Phi) is 11.0. The summed E-state index contributed by atoms with van der Waals surface area (Å²) >= 11 is 0. The smallest absolute Gasteiger partial charge is 0.331 e. The lowest BCUT2D eigenvalue weighted by Crippen LogP contribution is -2.52. The second-order valence-electron chi connectivity index (χ2n) is 13.0. The van der Waals surface area contributed by atoms with Crippen LogP contribution >= 0.6 is 7.37 Å². The van der Waals surface area contributed by atoms with Crippen molar-refractivity contribution in [3.05, 3.63) is 119 Å². The van der Waals surface area contributed by atoms with Crippen molar-refractivity contribution in [1.29, 1.82) is 0 Å². The number of aliphatic carboxylic acids is 1. The van der Waals surface area contributed by atoms with E-state index >= 15 is 0 Å². The molecule has 1 N–H and O–H groups in total. The molecular formula is C37H43FO5PSi. The molecule has 0 aliphatic carbocycles. The highest BCUT2D eigenvalue weighted by Gasteiger charge is 2.43. The molecule has 0 saturated carbocycles. The Morgan fingerprint density at radius 1 is 0.889 bits per heavy atom. The number of carbonyl (C=O) groups is 1. The molecule has 0 fully saturated rings. The third-order valence-corrected chi connectivity index (χ3v) is 12.1. The lowest BCUT2D eigenvalue weighted by molar-refractivity contribution is -0.149. The first-order chi connectivity index (χ1) is 21.2. The maximum absolute atomic E-state index is 14.2. The highest BCUT2D eigenvalue weighted by Crippen LogP contribution is 2.50. The molecule has 4 rings (SSSR count). The minimum atomic E-state index is -3.34. The topological polar surface area (TPSA) is 72.8 Å². The van der Waals surface area contributed by atoms with Gasteiger partial charge in [0, 0.05) is 18.7 Å². The SMILES string of the molecule is Cc1cc(C)c(COP(C)(=O)C[C@H](C(O[Si](c2ccccc2)c2ccccc2)C(=O)O)C(C)(C)C)c(-c2ccc(F)c(C)c2)c1. The van der Waals surface area contributed by atoms with Crippen LogP contribution in [0.3, 0.4) is 0 Å². The summed E-state index contributed by atoms with van der Waals surface area (Å²) in [5, 5.41) is 12.4. The van der Waals surface area contributed by atoms with Crippen molar-refractivity contribution in [1.82, 2.24) is 0 Å². The zero-order chi connectivity index (χ0) is 32.9. The van der Waals surface area contributed by atoms with Gasteiger partial charge in [-0.3, -0.25) is 4.57 Å². The summed E-state index contributed by atoms with van der Waals surface area (Å²) in [5.74, 6) is -1.98. The van der Waals surface area contributed by atoms with E-state index in [9.17, 15) is 18.9 Å². The highest BCUT2D eigenvalue weighted by atomic mass is 31.2. The molecule has 0 heterocycles. The Bertz CT molecular complexity index is 1630. The number of halogens is 1. The molecule has 0 aromatic heterocycles. The van der Waals surface area contributed by atoms with Gasteiger partial charge in [-0.25, -0.2) is 9.18 Å². The summed E-state index contributed by atoms with van der Waals surface area (Å²) < 4.78 is 41.1. The predicted octanol–water partition coefficient (Wildman–Crippen LogP) is 7.78. The van der Waals surface area contributed by atoms with Gasteiger partial charge in [0.2, 0.25) is 7.37 Å². The number of rotatable bonds is 12. The van der Waals surface area contributed by atoms with E-state index in [0.717, 1.165) is 38.2 Å². The maximum atomic E-state index is 14.2. The second kappa shape index (κ2) is 14.4. The Morgan fingerprint density at radius 2 is 1.47 bits per heavy atom. The van der Waals surface area contributed by atoms with Crippen molar-refractivity contribution < 1.29 is 27.8 Å². The Morgan fingerprint density at radius 3 is 1.98 bits per heavy atom. The Balaban J connectivity index is 1.64. The number of aryl methyl sites for hydroxylation is 3. The zero-order valence-corrected chi connectivity index (χ0v) is 29.0. The maximum Gasteiger partial charge on any atom is 0.331 e. The van der Waals surface area contributed by atoms with Gasteiger partial charge >= 0.3 is 5.97 Å². The second-order valence-corrected chi connectivity index (χ2v) is 17.7. The van der Waals surface area contributed by atoms with E-state index in [4.69, 9.17) is 8.95 Å². The summed E-state index contributed by atoms with van der Waals surface area (Å²) in [6.07, 6.45) is -1.18. The van der Waals surface area contributed by atoms with E-state index in [-0.39, 0.29) is 18.6 Å². The largest absolute Gasteiger partial charge is 0.479 e. The summed E-state index contributed by atoms with van der Waals surface area (Å²) in [7, 11) is -5.29. The van der Waals surface area contributed by atoms with Crippen LogP contribution in [0.4, 0.5) is 4.39 Å². The van der Waals surface area contributed by atoms with E-state index in [2.05, 4.69) is 0 Å². The van der Waals surface area contributed by atoms with Gasteiger partial charge in [0.1, 0.15) is 11.9 Å². The monoisotopic (exact) mass is 645 g/mol. The molecular weight excluding hydrogens is 602 g/mol. The molecule has 0 saturated heterocycles. The standard InChI is InChI=1S/C37H43FO5PSi/c1-25-20-26(2)32(31(21-25)28-18-19-34(38)27(3)22-28)23-42-44(7,41)24-33(37(4,5)6)35(36(39)40)43-45(29-14-10-8-11-15-29)30-16-12-9-13-17-30/h8-22,33,35H,23-24H2,1-7H3,(H,39,40)/t33-,35?,44?/m1/s1. The normalized spacial score (nSPS) is 14.6. The van der Waals surface area contributed by atoms with Crippen molar-refractivity contribution in [3.8, 4) is 11.1 Å². The summed E-state index contributed by atoms with van der Waals surface area (Å²) in [4.78, 5) is 12.9. The quantitative estimate of drug-likeness (QED) is 0.126. The van der Waals surface area contributed by atoms with Crippen LogP contribution in [0.1, 0.15) is 43.0 Å². The zero-order valence-electron chi connectivity index (χ0n) is 27.1. The van der Waals surface area contributed by atoms with Gasteiger partial charge in [0.15, 0.2) is 0 Å². The molecule has 2 unspecified atom stereocenters. The molecule has 0 spiro atoms. The van der Waals surface area contributed by atoms with Crippen LogP contribution in [0.2, 0.25) is 0 Å². The molecule has 5 nitrogen and oxygen atoms in total. The van der Waals surface area contributed by atoms with Crippen molar-refractivity contribution in [2.24, 2.45) is 11.3 Å². The van der Waals surface area contributed by atoms with E-state index in [1.807, 2.05) is 113 Å². The molecule has 1 radical (unpaired) electrons. The first-order valence-electron chi connectivity index (χ1n) is 15.1. The molecule has 4 aromatic carbocycles. The van der Waals surface area contributed by atoms with Crippen LogP contribution in [0.15, 0.2) is 91.0 Å². The number of carboxylic acid groups (broad SMARTS) is 1. The minimum absolute atomic E-state index is 0.0299. The summed E-state index contributed by atoms with van der Waals surface area (Å²) in [6, 6.07) is 28.5. The molecule has 3 atom stereocenters. The van der Waals surface area contributed by atoms with E-state index in [0.29, 0.717) is 5.56 Å². The Hall–Kier alpha value is -3.35. The molecule has 45 heavy (non-hydrogen) atoms. The highest BCUT2D eigenvalue weighted by molar-refractivity contribution is 7.58. The van der Waals surface area contributed by atoms with E-state index in [1.54, 1.807) is 19.7 Å². The van der Waals surface area contributed by atoms with Crippen LogP contribution in [-0.4, -0.2) is 39.0 Å². The van der Waals surface area contributed by atoms with Gasteiger partial charge in [-0.2, -0.15) is 0 Å². The van der Waals surface area contributed by atoms with Gasteiger partial charge in [0.05, 0.1) is 6.61 Å². The van der Waals surface area contributed by atoms with Gasteiger partial charge in [-0.1, -0.05) is 105 Å². The molecule has 8 heteroatoms. The van der Waals surface area contributed by atoms with Crippen LogP contribution in [0, 0.1) is 37.9 Å². The van der Waals surface area contributed by atoms with Gasteiger partial charge in [-0.15, -0.1) is 0 Å². The van der Waals surface area contributed by atoms with Crippen molar-refractivity contribution in [2.45, 2.75) is 54.3 Å². The average Bonchev–Trinajstić information content (AvgIpc) is 2.97. The molecule has 4 aromatic rings. The molecule has 0 bridgehead atoms. The van der Waals surface area contributed by atoms with Gasteiger partial charge in [0.25, 0.3) is 9.04 Å². The molecule has 237 valence electrons. The van der Waals surface area contributed by atoms with Crippen LogP contribution < -0.4 is 10.4 Å². The fourth-order valence-corrected chi connectivity index (χ4v) is 9.68. The van der Waals surface area contributed by atoms with Crippen LogP contribution in [0.25, 0.3) is 11.1 Å². The third kappa shape index (κ3) is 8.89. The predicted molar refractivity (Wildman–Crippen MR) is 183 cm³/mol. The van der Waals surface area contributed by atoms with Crippen LogP contribution in [-0.2, 0) is 24.9 Å². The number of hydrogen-bond acceptors (Lipinski definition) is 4. The third-order valence-electron chi connectivity index (χ3n) is 8.13. The summed E-state index contributed by atoms with van der Waals surface area (Å²) in [6.45, 7) is 13.2. The number of carboxylic acids is 1. The number of hydrogen-bond donors (Lipinski definition) is 1. The van der Waals surface area contributed by atoms with Gasteiger partial charge in [-0.05, 0) is 76.5 Å². The van der Waals surface area contributed by atoms with E-state index in [1.165, 1.54) is 6.07 Å². The van der Waals surface area contributed by atoms with Crippen molar-refractivity contribution >= 4 is 32.8 Å².